The smallest absolute Gasteiger partial charge is 0.139 e. The molecule has 0 amide bonds. The number of epoxide rings is 1. The van der Waals surface area contributed by atoms with Crippen LogP contribution in [0.1, 0.15) is 349 Å². The first kappa shape index (κ1) is 100. The summed E-state index contributed by atoms with van der Waals surface area (Å²) in [7, 11) is 1.08. The number of halogens is 4. The molecule has 21 aliphatic rings. The molecule has 121 heavy (non-hydrogen) atoms. The third kappa shape index (κ3) is 17.1. The normalized spacial score (nSPS) is 51.3. The minimum absolute atomic E-state index is 0. The number of rotatable bonds is 0. The van der Waals surface area contributed by atoms with Crippen molar-refractivity contribution < 1.29 is 58.4 Å². The van der Waals surface area contributed by atoms with E-state index in [9.17, 15) is 53.7 Å². The maximum atomic E-state index is 13.1. The van der Waals surface area contributed by atoms with Crippen LogP contribution in [0.4, 0.5) is 0 Å². The van der Waals surface area contributed by atoms with Crippen molar-refractivity contribution in [2.75, 3.05) is 24.0 Å². The van der Waals surface area contributed by atoms with Gasteiger partial charge >= 0.3 is 0 Å². The quantitative estimate of drug-likeness (QED) is 0.0895. The van der Waals surface area contributed by atoms with Crippen molar-refractivity contribution in [1.29, 1.82) is 0 Å². The number of fused-ring (bicyclic) bond motifs is 26. The summed E-state index contributed by atoms with van der Waals surface area (Å²) in [4.78, 5) is 101. The van der Waals surface area contributed by atoms with E-state index in [1.165, 1.54) is 89.9 Å². The molecule has 17 heteroatoms. The van der Waals surface area contributed by atoms with Gasteiger partial charge in [0.05, 0.1) is 41.2 Å². The molecule has 12 nitrogen and oxygen atoms in total. The SMILES string of the molecule is C.C.C.CPC.C[C@@H]1CC[C@@]2(C)[C@@H](CC[C@@H]3[C@@H]2C(=O)C[C@]2(C)C(=O)CC[C@@H]32)C1.C[C@@H]1CC[C@@]2(C)[C@@H](CC[C@@H]3[C@@H]2[C@@H](O)C[C@]2(C)C(=O)CC[C@@H]32)C1.C[C@]12CC=CC[C@@H]1CC[C@@H]1[C@@H]2C(=O)C[C@]2(C)C(=O)CC[C@@H]12.C[C@]12CC[C@@H](O)C[C@@H]1CC[C@@H]1[C@@H]2[C@@H](O)C[C@]2(C)C(=O)CC[C@@H]12.C[C@]12C[C@H]3O[C@H]3C[C@@H]1CC[C@@H]1[C@@H]2C(=O)C[C@]2(C)C(=O)CC[C@@H]12.ClCCl.ClCCl. The average Bonchev–Trinajstić information content (AvgIpc) is 1.64. The summed E-state index contributed by atoms with van der Waals surface area (Å²) in [6.07, 6.45) is 43.8. The van der Waals surface area contributed by atoms with Crippen molar-refractivity contribution in [1.82, 2.24) is 0 Å². The maximum Gasteiger partial charge on any atom is 0.139 e. The van der Waals surface area contributed by atoms with E-state index in [0.717, 1.165) is 148 Å². The largest absolute Gasteiger partial charge is 0.393 e. The molecule has 1 saturated heterocycles. The molecule has 0 aromatic rings. The fourth-order valence-electron chi connectivity index (χ4n) is 35.1. The topological polar surface area (TPSA) is 210 Å². The molecule has 0 bridgehead atoms. The molecule has 21 rings (SSSR count). The number of aliphatic hydroxyl groups excluding tert-OH is 3. The molecule has 0 radical (unpaired) electrons. The van der Waals surface area contributed by atoms with Gasteiger partial charge in [-0.3, -0.25) is 38.4 Å². The lowest BCUT2D eigenvalue weighted by Crippen LogP contribution is -2.59. The molecule has 0 spiro atoms. The van der Waals surface area contributed by atoms with Crippen LogP contribution in [0.25, 0.3) is 0 Å². The highest BCUT2D eigenvalue weighted by molar-refractivity contribution is 7.35. The Hall–Kier alpha value is -1.47. The summed E-state index contributed by atoms with van der Waals surface area (Å²) in [5.74, 6) is 14.6. The number of hydrogen-bond acceptors (Lipinski definition) is 12. The zero-order chi connectivity index (χ0) is 85.3. The van der Waals surface area contributed by atoms with E-state index < -0.39 is 0 Å². The molecule has 19 saturated carbocycles. The summed E-state index contributed by atoms with van der Waals surface area (Å²) < 4.78 is 5.81. The highest BCUT2D eigenvalue weighted by Gasteiger charge is 2.70. The number of hydrogen-bond donors (Lipinski definition) is 3. The molecule has 0 unspecified atom stereocenters. The second-order valence-electron chi connectivity index (χ2n) is 46.6. The zero-order valence-electron chi connectivity index (χ0n) is 75.1. The summed E-state index contributed by atoms with van der Waals surface area (Å²) in [6, 6.07) is 0. The molecule has 1 heterocycles. The van der Waals surface area contributed by atoms with Gasteiger partial charge in [-0.15, -0.1) is 55.0 Å². The molecule has 688 valence electrons. The predicted octanol–water partition coefficient (Wildman–Crippen LogP) is 24.3. The van der Waals surface area contributed by atoms with Gasteiger partial charge in [0.25, 0.3) is 0 Å². The summed E-state index contributed by atoms with van der Waals surface area (Å²) in [6.45, 7) is 31.6. The second-order valence-corrected chi connectivity index (χ2v) is 49.2. The Morgan fingerprint density at radius 2 is 0.678 bits per heavy atom. The lowest BCUT2D eigenvalue weighted by molar-refractivity contribution is -0.175. The van der Waals surface area contributed by atoms with E-state index >= 15 is 0 Å². The van der Waals surface area contributed by atoms with Crippen molar-refractivity contribution >= 4 is 101 Å². The summed E-state index contributed by atoms with van der Waals surface area (Å²) >= 11 is 19.1. The van der Waals surface area contributed by atoms with Crippen molar-refractivity contribution in [2.45, 2.75) is 380 Å². The molecule has 37 atom stereocenters. The van der Waals surface area contributed by atoms with Crippen molar-refractivity contribution in [3.8, 4) is 0 Å². The Morgan fingerprint density at radius 1 is 0.364 bits per heavy atom. The van der Waals surface area contributed by atoms with Gasteiger partial charge in [0.2, 0.25) is 0 Å². The van der Waals surface area contributed by atoms with Gasteiger partial charge in [-0.25, -0.2) is 0 Å². The minimum Gasteiger partial charge on any atom is -0.393 e. The van der Waals surface area contributed by atoms with Gasteiger partial charge in [-0.1, -0.05) is 130 Å². The predicted molar refractivity (Wildman–Crippen MR) is 494 cm³/mol. The first-order valence-corrected chi connectivity index (χ1v) is 52.3. The van der Waals surface area contributed by atoms with Crippen molar-refractivity contribution in [3.05, 3.63) is 12.2 Å². The highest BCUT2D eigenvalue weighted by atomic mass is 35.5. The van der Waals surface area contributed by atoms with Crippen LogP contribution in [0, 0.1) is 184 Å². The number of ketones is 8. The zero-order valence-corrected chi connectivity index (χ0v) is 79.1. The number of aliphatic hydroxyl groups is 3. The second kappa shape index (κ2) is 38.0. The Morgan fingerprint density at radius 3 is 1.08 bits per heavy atom. The average molecular weight is 1780 g/mol. The Bertz CT molecular complexity index is 3680. The van der Waals surface area contributed by atoms with Crippen LogP contribution in [0.5, 0.6) is 0 Å². The van der Waals surface area contributed by atoms with E-state index in [4.69, 9.17) is 51.1 Å². The third-order valence-electron chi connectivity index (χ3n) is 41.1. The monoisotopic (exact) mass is 1780 g/mol. The number of allylic oxidation sites excluding steroid dienone is 2. The number of carbonyl (C=O) groups is 8. The standard InChI is InChI=1S/C20H32O2.C20H30O2.C19H26O3.C19H30O3.C19H26O2.C2H7P.2CH2Cl2.3CH4/c2*1-12-8-9-19(2)13(10-12)4-5-14-15-6-7-17(22)20(15,3)11-16(21)18(14)19;1-18-9-15-14(22-15)7-10(18)3-4-11-12-5-6-16(21)19(12,2)8-13(20)17(11)18;1-18-8-7-12(20)9-11(18)3-4-13-14-5-6-16(22)19(14,2)10-15(21)17(13)18;1-18-10-4-3-5-12(18)6-7-13-14-8-9-16(21)19(14,2)11-15(20)17(13)18;1-3-2;2*2-1-3;;;/h12-16,18,21H,4-11H2,1-3H3;12-15,18H,4-11H2,1-3H3;10-12,14-15,17H,3-9H2,1-2H3;11-15,17,20-21H,3-10H2,1-2H3;3-4,12-14,17H,5-11H2,1-2H3;3H,1-2H3;2*1H2;3*1H4/t12-,13+,14+,15+,16+,18-,19+,20+;12-,13+,14+,15+,18-,19+,20+;10-,11-,12-,14-,15+,17+,18-,19-;11-,12+,13-,14-,15-,17+,18-,19-;12-,13+,14+,17-,18+,19+;;;;;;/m11001....../s1. The van der Waals surface area contributed by atoms with E-state index in [1.54, 1.807) is 0 Å². The molecule has 3 N–H and O–H groups in total. The highest BCUT2D eigenvalue weighted by Crippen LogP contribution is 2.72. The number of Topliss-reactive ketones (excluding diaryl/α,β-unsaturated/α-hetero) is 8. The Balaban J connectivity index is 0.000000143. The molecule has 1 aliphatic heterocycles. The van der Waals surface area contributed by atoms with Crippen LogP contribution in [0.2, 0.25) is 0 Å². The van der Waals surface area contributed by atoms with Crippen LogP contribution in [0.15, 0.2) is 12.2 Å². The van der Waals surface area contributed by atoms with Gasteiger partial charge in [-0.05, 0) is 333 Å². The Labute approximate surface area is 754 Å². The van der Waals surface area contributed by atoms with Gasteiger partial charge in [0, 0.05) is 96.2 Å². The van der Waals surface area contributed by atoms with Gasteiger partial charge in [0.15, 0.2) is 0 Å². The number of carbonyl (C=O) groups excluding carboxylic acids is 8. The minimum atomic E-state index is -0.339. The van der Waals surface area contributed by atoms with Crippen LogP contribution in [-0.4, -0.2) is 116 Å². The van der Waals surface area contributed by atoms with Crippen molar-refractivity contribution in [2.24, 2.45) is 184 Å². The lowest BCUT2D eigenvalue weighted by Gasteiger charge is -2.61. The molecule has 0 aromatic heterocycles. The Kier molecular flexibility index (Phi) is 31.4. The van der Waals surface area contributed by atoms with E-state index in [2.05, 4.69) is 109 Å². The van der Waals surface area contributed by atoms with Crippen LogP contribution >= 0.6 is 55.0 Å². The fraction of sp³-hybridized carbons (Fsp3) is 0.904. The van der Waals surface area contributed by atoms with Crippen LogP contribution in [0.3, 0.4) is 0 Å². The van der Waals surface area contributed by atoms with Gasteiger partial charge < -0.3 is 20.1 Å². The first-order valence-electron chi connectivity index (χ1n) is 48.1. The molecule has 20 aliphatic carbocycles. The van der Waals surface area contributed by atoms with Crippen LogP contribution in [-0.2, 0) is 43.1 Å². The van der Waals surface area contributed by atoms with E-state index in [-0.39, 0.29) is 118 Å². The summed E-state index contributed by atoms with van der Waals surface area (Å²) in [5.41, 5.74) is -0.476. The molecular formula is C104H167Cl4O12P. The van der Waals surface area contributed by atoms with Crippen molar-refractivity contribution in [3.63, 3.8) is 0 Å². The molecule has 0 aromatic carbocycles. The molecular weight excluding hydrogens is 1610 g/mol. The number of ether oxygens (including phenoxy) is 1. The third-order valence-corrected chi connectivity index (χ3v) is 41.1. The number of alkyl halides is 4. The maximum absolute atomic E-state index is 13.1. The van der Waals surface area contributed by atoms with E-state index in [1.807, 2.05) is 0 Å². The first-order chi connectivity index (χ1) is 55.7. The van der Waals surface area contributed by atoms with Crippen LogP contribution < -0.4 is 0 Å². The van der Waals surface area contributed by atoms with Gasteiger partial charge in [0.1, 0.15) is 46.3 Å². The van der Waals surface area contributed by atoms with E-state index in [0.29, 0.717) is 191 Å². The lowest BCUT2D eigenvalue weighted by atomic mass is 9.44. The molecule has 20 fully saturated rings. The summed E-state index contributed by atoms with van der Waals surface area (Å²) in [5, 5.41) is 32.5. The van der Waals surface area contributed by atoms with Gasteiger partial charge in [-0.2, -0.15) is 0 Å². The fourth-order valence-corrected chi connectivity index (χ4v) is 35.1.